The molecule has 0 radical (unpaired) electrons. The Morgan fingerprint density at radius 1 is 1.00 bits per heavy atom. The lowest BCUT2D eigenvalue weighted by Gasteiger charge is -2.33. The first kappa shape index (κ1) is 21.1. The molecule has 3 atom stereocenters. The van der Waals surface area contributed by atoms with Gasteiger partial charge in [0.25, 0.3) is 5.91 Å². The van der Waals surface area contributed by atoms with Gasteiger partial charge in [-0.1, -0.05) is 37.1 Å². The zero-order valence-corrected chi connectivity index (χ0v) is 18.3. The molecular weight excluding hydrogens is 416 g/mol. The molecule has 3 unspecified atom stereocenters. The summed E-state index contributed by atoms with van der Waals surface area (Å²) in [6, 6.07) is 16.0. The number of carbonyl (C=O) groups excluding carboxylic acids is 2. The standard InChI is InChI=1S/C26H26N4O3/c31-25(29-20-10-6-11-21(16-20)33-24-17-27-13-14-28-24)23-15-19-9-4-5-12-22(19)30(23)26(32)18-7-2-1-3-8-18/h1-3,6-8,10-11,13-14,16-17,19,22-23H,4-5,9,12,15H2,(H,29,31). The summed E-state index contributed by atoms with van der Waals surface area (Å²) in [7, 11) is 0. The third-order valence-electron chi connectivity index (χ3n) is 6.51. The van der Waals surface area contributed by atoms with Crippen molar-refractivity contribution in [2.24, 2.45) is 5.92 Å². The number of fused-ring (bicyclic) bond motifs is 1. The molecule has 7 nitrogen and oxygen atoms in total. The van der Waals surface area contributed by atoms with Crippen LogP contribution in [0.25, 0.3) is 0 Å². The molecule has 33 heavy (non-hydrogen) atoms. The molecule has 168 valence electrons. The number of carbonyl (C=O) groups is 2. The van der Waals surface area contributed by atoms with E-state index in [4.69, 9.17) is 4.74 Å². The number of anilines is 1. The van der Waals surface area contributed by atoms with Crippen molar-refractivity contribution >= 4 is 17.5 Å². The second kappa shape index (κ2) is 9.40. The fourth-order valence-corrected chi connectivity index (χ4v) is 5.04. The highest BCUT2D eigenvalue weighted by molar-refractivity contribution is 6.02. The first-order chi connectivity index (χ1) is 16.2. The average molecular weight is 443 g/mol. The second-order valence-electron chi connectivity index (χ2n) is 8.60. The Morgan fingerprint density at radius 2 is 1.85 bits per heavy atom. The van der Waals surface area contributed by atoms with E-state index in [1.54, 1.807) is 24.5 Å². The molecule has 1 saturated heterocycles. The topological polar surface area (TPSA) is 84.4 Å². The third kappa shape index (κ3) is 4.58. The summed E-state index contributed by atoms with van der Waals surface area (Å²) in [5.41, 5.74) is 1.24. The number of benzene rings is 2. The van der Waals surface area contributed by atoms with Crippen LogP contribution in [0, 0.1) is 5.92 Å². The molecule has 0 spiro atoms. The van der Waals surface area contributed by atoms with Gasteiger partial charge in [-0.3, -0.25) is 14.6 Å². The van der Waals surface area contributed by atoms with Crippen molar-refractivity contribution in [2.75, 3.05) is 5.32 Å². The van der Waals surface area contributed by atoms with E-state index in [1.165, 1.54) is 6.20 Å². The van der Waals surface area contributed by atoms with Gasteiger partial charge in [-0.15, -0.1) is 0 Å². The van der Waals surface area contributed by atoms with Crippen LogP contribution in [0.1, 0.15) is 42.5 Å². The van der Waals surface area contributed by atoms with E-state index in [9.17, 15) is 9.59 Å². The highest BCUT2D eigenvalue weighted by Gasteiger charge is 2.47. The number of nitrogens with zero attached hydrogens (tertiary/aromatic N) is 3. The molecule has 2 fully saturated rings. The molecule has 2 aliphatic rings. The van der Waals surface area contributed by atoms with E-state index in [-0.39, 0.29) is 17.9 Å². The molecule has 2 amide bonds. The van der Waals surface area contributed by atoms with Crippen molar-refractivity contribution in [1.82, 2.24) is 14.9 Å². The van der Waals surface area contributed by atoms with Gasteiger partial charge in [0.05, 0.1) is 6.20 Å². The molecule has 3 aromatic rings. The summed E-state index contributed by atoms with van der Waals surface area (Å²) in [6.45, 7) is 0. The van der Waals surface area contributed by atoms with E-state index < -0.39 is 6.04 Å². The van der Waals surface area contributed by atoms with Gasteiger partial charge in [0.1, 0.15) is 11.8 Å². The van der Waals surface area contributed by atoms with Gasteiger partial charge in [-0.05, 0) is 49.4 Å². The third-order valence-corrected chi connectivity index (χ3v) is 6.51. The molecule has 1 aromatic heterocycles. The zero-order chi connectivity index (χ0) is 22.6. The smallest absolute Gasteiger partial charge is 0.254 e. The van der Waals surface area contributed by atoms with Crippen LogP contribution in [0.5, 0.6) is 11.6 Å². The Hall–Kier alpha value is -3.74. The van der Waals surface area contributed by atoms with Gasteiger partial charge in [-0.2, -0.15) is 0 Å². The Morgan fingerprint density at radius 3 is 2.67 bits per heavy atom. The number of hydrogen-bond acceptors (Lipinski definition) is 5. The second-order valence-corrected chi connectivity index (χ2v) is 8.60. The maximum atomic E-state index is 13.4. The summed E-state index contributed by atoms with van der Waals surface area (Å²) in [5, 5.41) is 3.01. The van der Waals surface area contributed by atoms with Crippen LogP contribution in [0.4, 0.5) is 5.69 Å². The van der Waals surface area contributed by atoms with Crippen molar-refractivity contribution in [3.8, 4) is 11.6 Å². The average Bonchev–Trinajstić information content (AvgIpc) is 3.25. The first-order valence-electron chi connectivity index (χ1n) is 11.4. The minimum absolute atomic E-state index is 0.0649. The number of likely N-dealkylation sites (tertiary alicyclic amines) is 1. The monoisotopic (exact) mass is 442 g/mol. The number of nitrogens with one attached hydrogen (secondary N) is 1. The molecule has 7 heteroatoms. The summed E-state index contributed by atoms with van der Waals surface area (Å²) >= 11 is 0. The summed E-state index contributed by atoms with van der Waals surface area (Å²) in [5.74, 6) is 1.06. The number of aromatic nitrogens is 2. The minimum Gasteiger partial charge on any atom is -0.437 e. The van der Waals surface area contributed by atoms with Crippen molar-refractivity contribution in [1.29, 1.82) is 0 Å². The van der Waals surface area contributed by atoms with E-state index in [1.807, 2.05) is 47.4 Å². The SMILES string of the molecule is O=C(Nc1cccc(Oc2cnccn2)c1)C1CC2CCCCC2N1C(=O)c1ccccc1. The summed E-state index contributed by atoms with van der Waals surface area (Å²) in [4.78, 5) is 36.8. The van der Waals surface area contributed by atoms with Gasteiger partial charge in [0, 0.05) is 35.8 Å². The van der Waals surface area contributed by atoms with E-state index in [0.717, 1.165) is 25.7 Å². The first-order valence-corrected chi connectivity index (χ1v) is 11.4. The Balaban J connectivity index is 1.35. The van der Waals surface area contributed by atoms with Gasteiger partial charge < -0.3 is 15.0 Å². The van der Waals surface area contributed by atoms with E-state index >= 15 is 0 Å². The molecule has 2 aromatic carbocycles. The minimum atomic E-state index is -0.490. The van der Waals surface area contributed by atoms with Crippen LogP contribution in [-0.4, -0.2) is 38.8 Å². The summed E-state index contributed by atoms with van der Waals surface area (Å²) in [6.07, 6.45) is 9.62. The lowest BCUT2D eigenvalue weighted by atomic mass is 9.84. The quantitative estimate of drug-likeness (QED) is 0.620. The highest BCUT2D eigenvalue weighted by Crippen LogP contribution is 2.41. The van der Waals surface area contributed by atoms with Crippen LogP contribution in [0.3, 0.4) is 0 Å². The molecule has 1 saturated carbocycles. The van der Waals surface area contributed by atoms with Gasteiger partial charge >= 0.3 is 0 Å². The Labute approximate surface area is 192 Å². The number of amides is 2. The maximum Gasteiger partial charge on any atom is 0.254 e. The van der Waals surface area contributed by atoms with E-state index in [2.05, 4.69) is 15.3 Å². The number of ether oxygens (including phenoxy) is 1. The lowest BCUT2D eigenvalue weighted by molar-refractivity contribution is -0.120. The van der Waals surface area contributed by atoms with Gasteiger partial charge in [-0.25, -0.2) is 4.98 Å². The number of rotatable bonds is 5. The highest BCUT2D eigenvalue weighted by atomic mass is 16.5. The molecule has 1 N–H and O–H groups in total. The predicted octanol–water partition coefficient (Wildman–Crippen LogP) is 4.68. The van der Waals surface area contributed by atoms with Crippen LogP contribution < -0.4 is 10.1 Å². The molecular formula is C26H26N4O3. The number of hydrogen-bond donors (Lipinski definition) is 1. The van der Waals surface area contributed by atoms with Crippen molar-refractivity contribution in [3.05, 3.63) is 78.8 Å². The fraction of sp³-hybridized carbons (Fsp3) is 0.308. The zero-order valence-electron chi connectivity index (χ0n) is 18.3. The lowest BCUT2D eigenvalue weighted by Crippen LogP contribution is -2.47. The molecule has 1 aliphatic carbocycles. The predicted molar refractivity (Wildman–Crippen MR) is 124 cm³/mol. The fourth-order valence-electron chi connectivity index (χ4n) is 5.04. The van der Waals surface area contributed by atoms with Crippen LogP contribution in [0.15, 0.2) is 73.2 Å². The molecule has 5 rings (SSSR count). The van der Waals surface area contributed by atoms with Crippen LogP contribution in [0.2, 0.25) is 0 Å². The summed E-state index contributed by atoms with van der Waals surface area (Å²) < 4.78 is 5.73. The van der Waals surface area contributed by atoms with E-state index in [0.29, 0.717) is 35.2 Å². The largest absolute Gasteiger partial charge is 0.437 e. The van der Waals surface area contributed by atoms with Crippen molar-refractivity contribution in [3.63, 3.8) is 0 Å². The van der Waals surface area contributed by atoms with Crippen molar-refractivity contribution in [2.45, 2.75) is 44.2 Å². The Kier molecular flexibility index (Phi) is 6.02. The molecule has 2 heterocycles. The molecule has 0 bridgehead atoms. The Bertz CT molecular complexity index is 1120. The van der Waals surface area contributed by atoms with Gasteiger partial charge in [0.2, 0.25) is 11.8 Å². The normalized spacial score (nSPS) is 21.8. The molecule has 1 aliphatic heterocycles. The van der Waals surface area contributed by atoms with Crippen LogP contribution in [-0.2, 0) is 4.79 Å². The maximum absolute atomic E-state index is 13.4. The van der Waals surface area contributed by atoms with Crippen molar-refractivity contribution < 1.29 is 14.3 Å². The van der Waals surface area contributed by atoms with Crippen LogP contribution >= 0.6 is 0 Å². The van der Waals surface area contributed by atoms with Gasteiger partial charge in [0.15, 0.2) is 0 Å².